The Kier molecular flexibility index (Phi) is 7.13. The number of halogens is 1. The fraction of sp³-hybridized carbons (Fsp3) is 0.688. The van der Waals surface area contributed by atoms with Crippen LogP contribution in [0.3, 0.4) is 0 Å². The van der Waals surface area contributed by atoms with Gasteiger partial charge in [-0.3, -0.25) is 4.79 Å². The molecule has 1 saturated heterocycles. The molecule has 1 aliphatic heterocycles. The van der Waals surface area contributed by atoms with E-state index < -0.39 is 0 Å². The number of thioether (sulfide) groups is 1. The van der Waals surface area contributed by atoms with Crippen LogP contribution in [-0.2, 0) is 9.53 Å². The van der Waals surface area contributed by atoms with Crippen LogP contribution in [0.5, 0.6) is 0 Å². The lowest BCUT2D eigenvalue weighted by atomic mass is 10.2. The molecule has 0 aliphatic carbocycles. The summed E-state index contributed by atoms with van der Waals surface area (Å²) in [6.07, 6.45) is 0. The fourth-order valence-corrected chi connectivity index (χ4v) is 3.73. The number of hydrogen-bond acceptors (Lipinski definition) is 6. The number of hydrogen-bond donors (Lipinski definition) is 0. The maximum atomic E-state index is 12.5. The summed E-state index contributed by atoms with van der Waals surface area (Å²) in [5.74, 6) is 1.18. The van der Waals surface area contributed by atoms with Crippen molar-refractivity contribution in [3.05, 3.63) is 11.2 Å². The van der Waals surface area contributed by atoms with Crippen molar-refractivity contribution in [1.82, 2.24) is 14.9 Å². The van der Waals surface area contributed by atoms with Crippen molar-refractivity contribution in [3.63, 3.8) is 0 Å². The number of carbonyl (C=O) groups is 1. The summed E-state index contributed by atoms with van der Waals surface area (Å²) in [7, 11) is 0. The Morgan fingerprint density at radius 2 is 1.92 bits per heavy atom. The summed E-state index contributed by atoms with van der Waals surface area (Å²) in [6, 6.07) is 2.09. The number of anilines is 1. The molecule has 1 fully saturated rings. The van der Waals surface area contributed by atoms with Crippen molar-refractivity contribution in [1.29, 1.82) is 0 Å². The minimum absolute atomic E-state index is 0.0847. The SMILES string of the molecule is CC(C)N(C(=O)CSc1nc(Cl)cc(N2CCOCC2)n1)C(C)C. The molecule has 0 spiro atoms. The van der Waals surface area contributed by atoms with E-state index in [1.54, 1.807) is 6.07 Å². The molecular formula is C16H25ClN4O2S. The van der Waals surface area contributed by atoms with Gasteiger partial charge >= 0.3 is 0 Å². The minimum Gasteiger partial charge on any atom is -0.378 e. The van der Waals surface area contributed by atoms with Crippen LogP contribution in [0.2, 0.25) is 5.15 Å². The first-order valence-corrected chi connectivity index (χ1v) is 9.56. The molecule has 0 aromatic carbocycles. The predicted molar refractivity (Wildman–Crippen MR) is 97.9 cm³/mol. The van der Waals surface area contributed by atoms with Crippen molar-refractivity contribution in [2.75, 3.05) is 37.0 Å². The fourth-order valence-electron chi connectivity index (χ4n) is 2.78. The van der Waals surface area contributed by atoms with E-state index >= 15 is 0 Å². The Morgan fingerprint density at radius 1 is 1.29 bits per heavy atom. The molecule has 24 heavy (non-hydrogen) atoms. The van der Waals surface area contributed by atoms with E-state index in [1.807, 2.05) is 32.6 Å². The van der Waals surface area contributed by atoms with E-state index in [4.69, 9.17) is 16.3 Å². The molecule has 0 atom stereocenters. The number of morpholine rings is 1. The monoisotopic (exact) mass is 372 g/mol. The number of rotatable bonds is 6. The van der Waals surface area contributed by atoms with Gasteiger partial charge in [-0.15, -0.1) is 0 Å². The van der Waals surface area contributed by atoms with E-state index in [1.165, 1.54) is 11.8 Å². The average Bonchev–Trinajstić information content (AvgIpc) is 2.52. The number of aromatic nitrogens is 2. The Hall–Kier alpha value is -1.05. The lowest BCUT2D eigenvalue weighted by molar-refractivity contribution is -0.131. The third kappa shape index (κ3) is 5.22. The number of carbonyl (C=O) groups excluding carboxylic acids is 1. The summed E-state index contributed by atoms with van der Waals surface area (Å²) in [5.41, 5.74) is 0. The van der Waals surface area contributed by atoms with Crippen LogP contribution in [0.4, 0.5) is 5.82 Å². The molecule has 1 aromatic rings. The Balaban J connectivity index is 2.04. The standard InChI is InChI=1S/C16H25ClN4O2S/c1-11(2)21(12(3)4)15(22)10-24-16-18-13(17)9-14(19-16)20-5-7-23-8-6-20/h9,11-12H,5-8,10H2,1-4H3. The molecule has 1 aromatic heterocycles. The molecule has 6 nitrogen and oxygen atoms in total. The second kappa shape index (κ2) is 8.87. The van der Waals surface area contributed by atoms with Crippen LogP contribution in [0.25, 0.3) is 0 Å². The number of nitrogens with zero attached hydrogens (tertiary/aromatic N) is 4. The van der Waals surface area contributed by atoms with Crippen LogP contribution < -0.4 is 4.90 Å². The van der Waals surface area contributed by atoms with Crippen LogP contribution >= 0.6 is 23.4 Å². The largest absolute Gasteiger partial charge is 0.378 e. The molecular weight excluding hydrogens is 348 g/mol. The first-order valence-electron chi connectivity index (χ1n) is 8.19. The van der Waals surface area contributed by atoms with Crippen LogP contribution in [0.15, 0.2) is 11.2 Å². The van der Waals surface area contributed by atoms with Gasteiger partial charge in [0.05, 0.1) is 19.0 Å². The molecule has 134 valence electrons. The summed E-state index contributed by atoms with van der Waals surface area (Å²) in [5, 5.41) is 0.927. The Bertz CT molecular complexity index is 557. The summed E-state index contributed by atoms with van der Waals surface area (Å²) >= 11 is 7.46. The van der Waals surface area contributed by atoms with E-state index in [0.29, 0.717) is 29.3 Å². The first kappa shape index (κ1) is 19.3. The second-order valence-electron chi connectivity index (χ2n) is 6.21. The molecule has 1 amide bonds. The third-order valence-corrected chi connectivity index (χ3v) is 4.75. The normalized spacial score (nSPS) is 15.2. The van der Waals surface area contributed by atoms with Gasteiger partial charge in [0, 0.05) is 31.2 Å². The Labute approximate surface area is 152 Å². The molecule has 0 unspecified atom stereocenters. The summed E-state index contributed by atoms with van der Waals surface area (Å²) in [6.45, 7) is 11.0. The van der Waals surface area contributed by atoms with Gasteiger partial charge in [-0.1, -0.05) is 23.4 Å². The number of amides is 1. The van der Waals surface area contributed by atoms with Crippen molar-refractivity contribution in [3.8, 4) is 0 Å². The van der Waals surface area contributed by atoms with Gasteiger partial charge in [0.2, 0.25) is 5.91 Å². The van der Waals surface area contributed by atoms with Crippen LogP contribution in [-0.4, -0.2) is 64.9 Å². The predicted octanol–water partition coefficient (Wildman–Crippen LogP) is 2.70. The average molecular weight is 373 g/mol. The Morgan fingerprint density at radius 3 is 2.50 bits per heavy atom. The highest BCUT2D eigenvalue weighted by molar-refractivity contribution is 7.99. The highest BCUT2D eigenvalue weighted by atomic mass is 35.5. The van der Waals surface area contributed by atoms with Crippen molar-refractivity contribution in [2.24, 2.45) is 0 Å². The van der Waals surface area contributed by atoms with Gasteiger partial charge in [-0.05, 0) is 27.7 Å². The molecule has 8 heteroatoms. The van der Waals surface area contributed by atoms with Gasteiger partial charge in [0.1, 0.15) is 11.0 Å². The molecule has 0 N–H and O–H groups in total. The zero-order valence-corrected chi connectivity index (χ0v) is 16.2. The molecule has 0 saturated carbocycles. The van der Waals surface area contributed by atoms with Crippen molar-refractivity contribution < 1.29 is 9.53 Å². The smallest absolute Gasteiger partial charge is 0.233 e. The van der Waals surface area contributed by atoms with E-state index in [9.17, 15) is 4.79 Å². The van der Waals surface area contributed by atoms with E-state index in [2.05, 4.69) is 14.9 Å². The second-order valence-corrected chi connectivity index (χ2v) is 7.54. The lowest BCUT2D eigenvalue weighted by Gasteiger charge is -2.30. The number of ether oxygens (including phenoxy) is 1. The summed E-state index contributed by atoms with van der Waals surface area (Å²) < 4.78 is 5.36. The quantitative estimate of drug-likeness (QED) is 0.434. The van der Waals surface area contributed by atoms with Gasteiger partial charge in [0.25, 0.3) is 0 Å². The van der Waals surface area contributed by atoms with E-state index in [0.717, 1.165) is 18.9 Å². The lowest BCUT2D eigenvalue weighted by Crippen LogP contribution is -2.43. The molecule has 2 rings (SSSR count). The van der Waals surface area contributed by atoms with Gasteiger partial charge < -0.3 is 14.5 Å². The van der Waals surface area contributed by atoms with Gasteiger partial charge in [-0.2, -0.15) is 0 Å². The van der Waals surface area contributed by atoms with E-state index in [-0.39, 0.29) is 18.0 Å². The van der Waals surface area contributed by atoms with Crippen molar-refractivity contribution in [2.45, 2.75) is 44.9 Å². The van der Waals surface area contributed by atoms with Crippen LogP contribution in [0.1, 0.15) is 27.7 Å². The molecule has 0 radical (unpaired) electrons. The van der Waals surface area contributed by atoms with Crippen molar-refractivity contribution >= 4 is 35.1 Å². The highest BCUT2D eigenvalue weighted by Gasteiger charge is 2.21. The van der Waals surface area contributed by atoms with Crippen LogP contribution in [0, 0.1) is 0 Å². The zero-order chi connectivity index (χ0) is 17.7. The summed E-state index contributed by atoms with van der Waals surface area (Å²) in [4.78, 5) is 25.2. The highest BCUT2D eigenvalue weighted by Crippen LogP contribution is 2.23. The van der Waals surface area contributed by atoms with Gasteiger partial charge in [-0.25, -0.2) is 9.97 Å². The maximum Gasteiger partial charge on any atom is 0.233 e. The van der Waals surface area contributed by atoms with Gasteiger partial charge in [0.15, 0.2) is 5.16 Å². The molecule has 0 bridgehead atoms. The maximum absolute atomic E-state index is 12.5. The first-order chi connectivity index (χ1) is 11.4. The molecule has 1 aliphatic rings. The third-order valence-electron chi connectivity index (χ3n) is 3.72. The topological polar surface area (TPSA) is 58.6 Å². The minimum atomic E-state index is 0.0847. The molecule has 2 heterocycles. The zero-order valence-electron chi connectivity index (χ0n) is 14.7.